The van der Waals surface area contributed by atoms with Crippen LogP contribution >= 0.6 is 0 Å². The molecular weight excluding hydrogens is 272 g/mol. The Kier molecular flexibility index (Phi) is 4.39. The SMILES string of the molecule is CCS(=O)(=O)c1ccc(NCc2ncccc2C)cc1. The second kappa shape index (κ2) is 6.05. The van der Waals surface area contributed by atoms with Gasteiger partial charge in [-0.1, -0.05) is 13.0 Å². The minimum absolute atomic E-state index is 0.118. The van der Waals surface area contributed by atoms with E-state index in [0.717, 1.165) is 16.9 Å². The smallest absolute Gasteiger partial charge is 0.178 e. The van der Waals surface area contributed by atoms with Gasteiger partial charge in [-0.25, -0.2) is 8.42 Å². The number of rotatable bonds is 5. The molecule has 0 radical (unpaired) electrons. The summed E-state index contributed by atoms with van der Waals surface area (Å²) in [6, 6.07) is 10.7. The first-order valence-electron chi connectivity index (χ1n) is 6.50. The normalized spacial score (nSPS) is 11.3. The van der Waals surface area contributed by atoms with Crippen LogP contribution in [0.4, 0.5) is 5.69 Å². The lowest BCUT2D eigenvalue weighted by Gasteiger charge is -2.09. The van der Waals surface area contributed by atoms with E-state index in [1.165, 1.54) is 0 Å². The first-order valence-corrected chi connectivity index (χ1v) is 8.15. The molecule has 1 aromatic carbocycles. The summed E-state index contributed by atoms with van der Waals surface area (Å²) >= 11 is 0. The van der Waals surface area contributed by atoms with Crippen molar-refractivity contribution in [1.29, 1.82) is 0 Å². The second-order valence-electron chi connectivity index (χ2n) is 4.55. The minimum Gasteiger partial charge on any atom is -0.379 e. The molecule has 0 amide bonds. The fraction of sp³-hybridized carbons (Fsp3) is 0.267. The molecule has 0 saturated heterocycles. The van der Waals surface area contributed by atoms with Gasteiger partial charge in [0, 0.05) is 11.9 Å². The summed E-state index contributed by atoms with van der Waals surface area (Å²) in [7, 11) is -3.13. The van der Waals surface area contributed by atoms with E-state index in [0.29, 0.717) is 11.4 Å². The van der Waals surface area contributed by atoms with Crippen molar-refractivity contribution in [3.05, 3.63) is 53.9 Å². The fourth-order valence-corrected chi connectivity index (χ4v) is 2.72. The molecule has 0 atom stereocenters. The van der Waals surface area contributed by atoms with E-state index in [9.17, 15) is 8.42 Å². The topological polar surface area (TPSA) is 59.1 Å². The van der Waals surface area contributed by atoms with Crippen molar-refractivity contribution in [2.45, 2.75) is 25.3 Å². The molecule has 0 fully saturated rings. The average Bonchev–Trinajstić information content (AvgIpc) is 2.47. The molecule has 1 heterocycles. The third kappa shape index (κ3) is 3.36. The van der Waals surface area contributed by atoms with E-state index in [1.54, 1.807) is 37.4 Å². The summed E-state index contributed by atoms with van der Waals surface area (Å²) in [4.78, 5) is 4.67. The molecule has 0 aliphatic carbocycles. The Morgan fingerprint density at radius 2 is 1.85 bits per heavy atom. The molecular formula is C15H18N2O2S. The molecule has 0 spiro atoms. The Balaban J connectivity index is 2.07. The number of anilines is 1. The predicted octanol–water partition coefficient (Wildman–Crippen LogP) is 2.80. The van der Waals surface area contributed by atoms with Crippen molar-refractivity contribution in [3.63, 3.8) is 0 Å². The maximum Gasteiger partial charge on any atom is 0.178 e. The number of pyridine rings is 1. The zero-order valence-corrected chi connectivity index (χ0v) is 12.4. The highest BCUT2D eigenvalue weighted by atomic mass is 32.2. The number of hydrogen-bond acceptors (Lipinski definition) is 4. The summed E-state index contributed by atoms with van der Waals surface area (Å²) < 4.78 is 23.4. The minimum atomic E-state index is -3.13. The van der Waals surface area contributed by atoms with Crippen LogP contribution in [0.15, 0.2) is 47.5 Å². The lowest BCUT2D eigenvalue weighted by Crippen LogP contribution is -2.05. The van der Waals surface area contributed by atoms with Gasteiger partial charge >= 0.3 is 0 Å². The Morgan fingerprint density at radius 3 is 2.45 bits per heavy atom. The van der Waals surface area contributed by atoms with Crippen LogP contribution in [0.3, 0.4) is 0 Å². The summed E-state index contributed by atoms with van der Waals surface area (Å²) in [5, 5.41) is 3.24. The highest BCUT2D eigenvalue weighted by molar-refractivity contribution is 7.91. The zero-order chi connectivity index (χ0) is 14.6. The van der Waals surface area contributed by atoms with Crippen molar-refractivity contribution >= 4 is 15.5 Å². The molecule has 1 N–H and O–H groups in total. The van der Waals surface area contributed by atoms with Gasteiger partial charge in [-0.3, -0.25) is 4.98 Å². The largest absolute Gasteiger partial charge is 0.379 e. The molecule has 5 heteroatoms. The average molecular weight is 290 g/mol. The summed E-state index contributed by atoms with van der Waals surface area (Å²) in [6.45, 7) is 4.28. The van der Waals surface area contributed by atoms with E-state index in [4.69, 9.17) is 0 Å². The first-order chi connectivity index (χ1) is 9.53. The van der Waals surface area contributed by atoms with Crippen LogP contribution in [-0.4, -0.2) is 19.2 Å². The van der Waals surface area contributed by atoms with Gasteiger partial charge in [-0.15, -0.1) is 0 Å². The quantitative estimate of drug-likeness (QED) is 0.920. The number of aryl methyl sites for hydroxylation is 1. The van der Waals surface area contributed by atoms with E-state index >= 15 is 0 Å². The van der Waals surface area contributed by atoms with Crippen LogP contribution in [0.25, 0.3) is 0 Å². The Bertz CT molecular complexity index is 679. The number of aromatic nitrogens is 1. The van der Waals surface area contributed by atoms with E-state index < -0.39 is 9.84 Å². The highest BCUT2D eigenvalue weighted by Gasteiger charge is 2.10. The van der Waals surface area contributed by atoms with Gasteiger partial charge in [0.2, 0.25) is 0 Å². The van der Waals surface area contributed by atoms with Gasteiger partial charge in [0.15, 0.2) is 9.84 Å². The molecule has 4 nitrogen and oxygen atoms in total. The highest BCUT2D eigenvalue weighted by Crippen LogP contribution is 2.16. The van der Waals surface area contributed by atoms with Crippen LogP contribution in [0.1, 0.15) is 18.2 Å². The van der Waals surface area contributed by atoms with E-state index in [2.05, 4.69) is 10.3 Å². The monoisotopic (exact) mass is 290 g/mol. The van der Waals surface area contributed by atoms with Crippen molar-refractivity contribution < 1.29 is 8.42 Å². The van der Waals surface area contributed by atoms with Gasteiger partial charge in [-0.05, 0) is 42.8 Å². The number of nitrogens with zero attached hydrogens (tertiary/aromatic N) is 1. The van der Waals surface area contributed by atoms with E-state index in [-0.39, 0.29) is 5.75 Å². The van der Waals surface area contributed by atoms with E-state index in [1.807, 2.05) is 19.1 Å². The predicted molar refractivity (Wildman–Crippen MR) is 80.5 cm³/mol. The van der Waals surface area contributed by atoms with Crippen LogP contribution < -0.4 is 5.32 Å². The zero-order valence-electron chi connectivity index (χ0n) is 11.6. The summed E-state index contributed by atoms with van der Waals surface area (Å²) in [5.74, 6) is 0.118. The summed E-state index contributed by atoms with van der Waals surface area (Å²) in [5.41, 5.74) is 2.99. The van der Waals surface area contributed by atoms with Crippen LogP contribution in [0.5, 0.6) is 0 Å². The van der Waals surface area contributed by atoms with Crippen molar-refractivity contribution in [1.82, 2.24) is 4.98 Å². The standard InChI is InChI=1S/C15H18N2O2S/c1-3-20(18,19)14-8-6-13(7-9-14)17-11-15-12(2)5-4-10-16-15/h4-10,17H,3,11H2,1-2H3. The Hall–Kier alpha value is -1.88. The molecule has 0 bridgehead atoms. The number of benzene rings is 1. The Morgan fingerprint density at radius 1 is 1.15 bits per heavy atom. The molecule has 0 aliphatic rings. The molecule has 0 aliphatic heterocycles. The van der Waals surface area contributed by atoms with Crippen molar-refractivity contribution in [2.75, 3.05) is 11.1 Å². The number of sulfone groups is 1. The van der Waals surface area contributed by atoms with Gasteiger partial charge in [0.1, 0.15) is 0 Å². The molecule has 2 aromatic rings. The second-order valence-corrected chi connectivity index (χ2v) is 6.83. The lowest BCUT2D eigenvalue weighted by atomic mass is 10.2. The maximum absolute atomic E-state index is 11.7. The third-order valence-corrected chi connectivity index (χ3v) is 4.92. The lowest BCUT2D eigenvalue weighted by molar-refractivity contribution is 0.597. The molecule has 2 rings (SSSR count). The first kappa shape index (κ1) is 14.5. The molecule has 0 saturated carbocycles. The molecule has 0 unspecified atom stereocenters. The van der Waals surface area contributed by atoms with Crippen LogP contribution in [0.2, 0.25) is 0 Å². The fourth-order valence-electron chi connectivity index (χ4n) is 1.84. The van der Waals surface area contributed by atoms with Crippen molar-refractivity contribution in [2.24, 2.45) is 0 Å². The summed E-state index contributed by atoms with van der Waals surface area (Å²) in [6.07, 6.45) is 1.76. The van der Waals surface area contributed by atoms with Gasteiger partial charge in [0.25, 0.3) is 0 Å². The third-order valence-electron chi connectivity index (χ3n) is 3.17. The van der Waals surface area contributed by atoms with Crippen molar-refractivity contribution in [3.8, 4) is 0 Å². The van der Waals surface area contributed by atoms with Gasteiger partial charge in [-0.2, -0.15) is 0 Å². The number of hydrogen-bond donors (Lipinski definition) is 1. The Labute approximate surface area is 119 Å². The van der Waals surface area contributed by atoms with Gasteiger partial charge < -0.3 is 5.32 Å². The van der Waals surface area contributed by atoms with Crippen LogP contribution in [0, 0.1) is 6.92 Å². The maximum atomic E-state index is 11.7. The number of nitrogens with one attached hydrogen (secondary N) is 1. The molecule has 1 aromatic heterocycles. The molecule has 106 valence electrons. The van der Waals surface area contributed by atoms with Gasteiger partial charge in [0.05, 0.1) is 22.9 Å². The molecule has 20 heavy (non-hydrogen) atoms. The van der Waals surface area contributed by atoms with Crippen LogP contribution in [-0.2, 0) is 16.4 Å².